The van der Waals surface area contributed by atoms with Crippen molar-refractivity contribution in [1.29, 1.82) is 0 Å². The molecule has 0 N–H and O–H groups in total. The maximum atomic E-state index is 2.47. The van der Waals surface area contributed by atoms with E-state index in [9.17, 15) is 0 Å². The summed E-state index contributed by atoms with van der Waals surface area (Å²) in [7, 11) is 0. The summed E-state index contributed by atoms with van der Waals surface area (Å²) < 4.78 is 0. The fourth-order valence-electron chi connectivity index (χ4n) is 18.4. The molecule has 0 atom stereocenters. The van der Waals surface area contributed by atoms with E-state index in [0.29, 0.717) is 0 Å². The number of fused-ring (bicyclic) bond motifs is 14. The number of nitrogens with zero attached hydrogens (tertiary/aromatic N) is 2. The Morgan fingerprint density at radius 3 is 1.00 bits per heavy atom. The highest BCUT2D eigenvalue weighted by atomic mass is 15.1. The Morgan fingerprint density at radius 2 is 0.491 bits per heavy atom. The van der Waals surface area contributed by atoms with Gasteiger partial charge in [0.05, 0.1) is 5.69 Å². The second-order valence-corrected chi connectivity index (χ2v) is 31.6. The molecule has 4 aliphatic carbocycles. The summed E-state index contributed by atoms with van der Waals surface area (Å²) in [5.41, 5.74) is 38.3. The first-order chi connectivity index (χ1) is 51.6. The van der Waals surface area contributed by atoms with Crippen LogP contribution >= 0.6 is 0 Å². The van der Waals surface area contributed by atoms with Gasteiger partial charge in [-0.25, -0.2) is 0 Å². The molecular weight excluding hydrogens is 1280 g/mol. The predicted octanol–water partition coefficient (Wildman–Crippen LogP) is 28.5. The number of anilines is 6. The molecule has 0 spiro atoms. The van der Waals surface area contributed by atoms with E-state index in [-0.39, 0.29) is 21.7 Å². The third-order valence-electron chi connectivity index (χ3n) is 24.1. The Balaban J connectivity index is 0.000000145. The molecule has 0 radical (unpaired) electrons. The van der Waals surface area contributed by atoms with Gasteiger partial charge in [-0.2, -0.15) is 0 Å². The zero-order valence-electron chi connectivity index (χ0n) is 61.4. The van der Waals surface area contributed by atoms with Gasteiger partial charge in [0.1, 0.15) is 0 Å². The standard InChI is InChI=1S/2C52H41N/c1-51(2)46-20-10-8-18-44(46)50-47(51)21-12-22-49(50)53(41-16-11-15-37(32-41)38-24-23-34-13-5-6-14-36(34)31-38)40-28-25-35(26-29-40)39-27-30-43-42-17-7-9-19-45(42)52(3,4)48(43)33-39;1-51(2)48-19-10-8-17-44(48)46-33-42(27-29-49(46)51)53(41-15-11-14-37(31-41)38-21-20-34-12-5-6-13-36(34)30-38)40-25-22-35(23-26-40)39-24-28-45-43-16-7-9-18-47(43)52(3,4)50(45)32-39/h2*5-33H,1-4H3. The minimum atomic E-state index is -0.0919. The Labute approximate surface area is 623 Å². The van der Waals surface area contributed by atoms with E-state index in [4.69, 9.17) is 0 Å². The van der Waals surface area contributed by atoms with Gasteiger partial charge in [0.25, 0.3) is 0 Å². The van der Waals surface area contributed by atoms with Gasteiger partial charge in [-0.15, -0.1) is 0 Å². The average molecular weight is 1360 g/mol. The molecular formula is C104H82N2. The van der Waals surface area contributed by atoms with E-state index in [1.54, 1.807) is 0 Å². The lowest BCUT2D eigenvalue weighted by Crippen LogP contribution is -2.16. The lowest BCUT2D eigenvalue weighted by atomic mass is 9.81. The summed E-state index contributed by atoms with van der Waals surface area (Å²) in [5, 5.41) is 5.02. The second kappa shape index (κ2) is 24.7. The van der Waals surface area contributed by atoms with Crippen molar-refractivity contribution in [3.8, 4) is 89.0 Å². The smallest absolute Gasteiger partial charge is 0.0543 e. The van der Waals surface area contributed by atoms with Crippen molar-refractivity contribution in [1.82, 2.24) is 0 Å². The van der Waals surface area contributed by atoms with Crippen LogP contribution in [0.1, 0.15) is 99.9 Å². The fourth-order valence-corrected chi connectivity index (χ4v) is 18.4. The van der Waals surface area contributed by atoms with Crippen LogP contribution in [0.3, 0.4) is 0 Å². The van der Waals surface area contributed by atoms with E-state index >= 15 is 0 Å². The van der Waals surface area contributed by atoms with Crippen LogP contribution in [0, 0.1) is 0 Å². The largest absolute Gasteiger partial charge is 0.310 e. The Morgan fingerprint density at radius 1 is 0.170 bits per heavy atom. The highest BCUT2D eigenvalue weighted by Crippen LogP contribution is 2.57. The average Bonchev–Trinajstić information content (AvgIpc) is 1.58. The Kier molecular flexibility index (Phi) is 15.0. The molecule has 0 unspecified atom stereocenters. The highest BCUT2D eigenvalue weighted by Gasteiger charge is 2.40. The van der Waals surface area contributed by atoms with Gasteiger partial charge in [0.2, 0.25) is 0 Å². The lowest BCUT2D eigenvalue weighted by molar-refractivity contribution is 0.660. The first-order valence-corrected chi connectivity index (χ1v) is 37.5. The second-order valence-electron chi connectivity index (χ2n) is 31.6. The van der Waals surface area contributed by atoms with Crippen LogP contribution < -0.4 is 9.80 Å². The first kappa shape index (κ1) is 64.5. The summed E-state index contributed by atoms with van der Waals surface area (Å²) in [6, 6.07) is 131. The van der Waals surface area contributed by atoms with Crippen molar-refractivity contribution in [2.75, 3.05) is 9.80 Å². The van der Waals surface area contributed by atoms with Crippen molar-refractivity contribution >= 4 is 55.7 Å². The van der Waals surface area contributed by atoms with Crippen LogP contribution in [0.2, 0.25) is 0 Å². The van der Waals surface area contributed by atoms with Gasteiger partial charge in [-0.05, 0) is 240 Å². The molecule has 20 rings (SSSR count). The molecule has 508 valence electrons. The van der Waals surface area contributed by atoms with E-state index < -0.39 is 0 Å². The van der Waals surface area contributed by atoms with Gasteiger partial charge in [0.15, 0.2) is 0 Å². The maximum Gasteiger partial charge on any atom is 0.0543 e. The Bertz CT molecular complexity index is 6220. The molecule has 0 heterocycles. The molecule has 16 aromatic rings. The molecule has 4 aliphatic rings. The highest BCUT2D eigenvalue weighted by molar-refractivity contribution is 5.98. The van der Waals surface area contributed by atoms with Crippen molar-refractivity contribution in [3.05, 3.63) is 396 Å². The van der Waals surface area contributed by atoms with Gasteiger partial charge < -0.3 is 9.80 Å². The maximum absolute atomic E-state index is 2.47. The SMILES string of the molecule is CC1(C)c2ccccc2-c2cc(N(c3ccc(-c4ccc5c(c4)C(C)(C)c4ccccc4-5)cc3)c3cccc(-c4ccc5ccccc5c4)c3)ccc21.CC1(C)c2ccccc2-c2ccc(-c3ccc(N(c4cccc(-c5ccc6ccccc6c5)c4)c4cccc5c4-c4ccccc4C5(C)C)cc3)cc21. The number of hydrogen-bond donors (Lipinski definition) is 0. The molecule has 0 aliphatic heterocycles. The molecule has 0 amide bonds. The summed E-state index contributed by atoms with van der Waals surface area (Å²) in [5.74, 6) is 0. The summed E-state index contributed by atoms with van der Waals surface area (Å²) in [6.07, 6.45) is 0. The summed E-state index contributed by atoms with van der Waals surface area (Å²) in [4.78, 5) is 4.89. The monoisotopic (exact) mass is 1360 g/mol. The van der Waals surface area contributed by atoms with Crippen molar-refractivity contribution in [2.45, 2.75) is 77.0 Å². The molecule has 0 saturated heterocycles. The number of benzene rings is 16. The molecule has 0 fully saturated rings. The van der Waals surface area contributed by atoms with Crippen LogP contribution in [0.5, 0.6) is 0 Å². The van der Waals surface area contributed by atoms with Crippen molar-refractivity contribution in [3.63, 3.8) is 0 Å². The zero-order valence-corrected chi connectivity index (χ0v) is 61.4. The van der Waals surface area contributed by atoms with E-state index in [2.05, 4.69) is 417 Å². The molecule has 2 nitrogen and oxygen atoms in total. The topological polar surface area (TPSA) is 6.48 Å². The van der Waals surface area contributed by atoms with Crippen molar-refractivity contribution in [2.24, 2.45) is 0 Å². The normalized spacial score (nSPS) is 14.3. The summed E-state index contributed by atoms with van der Waals surface area (Å²) >= 11 is 0. The molecule has 16 aromatic carbocycles. The predicted molar refractivity (Wildman–Crippen MR) is 449 cm³/mol. The minimum absolute atomic E-state index is 0.0323. The van der Waals surface area contributed by atoms with E-state index in [1.807, 2.05) is 0 Å². The first-order valence-electron chi connectivity index (χ1n) is 37.5. The number of hydrogen-bond acceptors (Lipinski definition) is 2. The van der Waals surface area contributed by atoms with E-state index in [0.717, 1.165) is 28.4 Å². The molecule has 0 bridgehead atoms. The van der Waals surface area contributed by atoms with Crippen LogP contribution in [0.25, 0.3) is 111 Å². The van der Waals surface area contributed by atoms with Crippen molar-refractivity contribution < 1.29 is 0 Å². The van der Waals surface area contributed by atoms with E-state index in [1.165, 1.54) is 161 Å². The molecule has 2 heteroatoms. The van der Waals surface area contributed by atoms with Gasteiger partial charge in [-0.3, -0.25) is 0 Å². The van der Waals surface area contributed by atoms with Crippen LogP contribution in [0.15, 0.2) is 352 Å². The van der Waals surface area contributed by atoms with Crippen LogP contribution in [-0.4, -0.2) is 0 Å². The minimum Gasteiger partial charge on any atom is -0.310 e. The van der Waals surface area contributed by atoms with Crippen LogP contribution in [0.4, 0.5) is 34.1 Å². The number of rotatable bonds is 10. The molecule has 0 aromatic heterocycles. The lowest BCUT2D eigenvalue weighted by Gasteiger charge is -2.29. The zero-order chi connectivity index (χ0) is 71.8. The summed E-state index contributed by atoms with van der Waals surface area (Å²) in [6.45, 7) is 18.8. The Hall–Kier alpha value is -12.4. The third-order valence-corrected chi connectivity index (χ3v) is 24.1. The van der Waals surface area contributed by atoms with Gasteiger partial charge in [-0.1, -0.05) is 316 Å². The quantitative estimate of drug-likeness (QED) is 0.135. The fraction of sp³-hybridized carbons (Fsp3) is 0.115. The molecule has 106 heavy (non-hydrogen) atoms. The van der Waals surface area contributed by atoms with Crippen LogP contribution in [-0.2, 0) is 21.7 Å². The van der Waals surface area contributed by atoms with Gasteiger partial charge >= 0.3 is 0 Å². The molecule has 0 saturated carbocycles. The van der Waals surface area contributed by atoms with Gasteiger partial charge in [0, 0.05) is 55.7 Å². The third kappa shape index (κ3) is 10.4.